The molecule has 0 radical (unpaired) electrons. The Hall–Kier alpha value is -0.590. The highest BCUT2D eigenvalue weighted by atomic mass is 35.5. The van der Waals surface area contributed by atoms with Crippen LogP contribution in [0, 0.1) is 0 Å². The first kappa shape index (κ1) is 13.5. The van der Waals surface area contributed by atoms with Gasteiger partial charge < -0.3 is 0 Å². The second-order valence-electron chi connectivity index (χ2n) is 3.57. The highest BCUT2D eigenvalue weighted by molar-refractivity contribution is 7.89. The molecule has 0 amide bonds. The van der Waals surface area contributed by atoms with E-state index in [4.69, 9.17) is 11.6 Å². The largest absolute Gasteiger partial charge is 0.285 e. The minimum absolute atomic E-state index is 0.147. The van der Waals surface area contributed by atoms with E-state index in [-0.39, 0.29) is 5.75 Å². The smallest absolute Gasteiger partial charge is 0.214 e. The zero-order valence-electron chi connectivity index (χ0n) is 9.19. The molecule has 7 heteroatoms. The first-order valence-corrected chi connectivity index (χ1v) is 7.18. The summed E-state index contributed by atoms with van der Waals surface area (Å²) in [6.07, 6.45) is 4.62. The zero-order valence-corrected chi connectivity index (χ0v) is 10.8. The number of rotatable bonds is 7. The molecule has 1 rings (SSSR count). The van der Waals surface area contributed by atoms with E-state index in [2.05, 4.69) is 10.2 Å². The summed E-state index contributed by atoms with van der Waals surface area (Å²) in [4.78, 5) is 0. The molecule has 0 atom stereocenters. The summed E-state index contributed by atoms with van der Waals surface area (Å²) in [5.74, 6) is 0.648. The van der Waals surface area contributed by atoms with E-state index in [0.29, 0.717) is 18.8 Å². The maximum Gasteiger partial charge on any atom is 0.214 e. The first-order chi connectivity index (χ1) is 7.56. The highest BCUT2D eigenvalue weighted by Crippen LogP contribution is 2.08. The second-order valence-corrected chi connectivity index (χ2v) is 6.15. The fraction of sp³-hybridized carbons (Fsp3) is 0.667. The topological polar surface area (TPSA) is 66.1 Å². The van der Waals surface area contributed by atoms with Gasteiger partial charge in [0.2, 0.25) is 10.0 Å². The van der Waals surface area contributed by atoms with Crippen LogP contribution in [0.2, 0.25) is 0 Å². The Kier molecular flexibility index (Phi) is 5.24. The average Bonchev–Trinajstić information content (AvgIpc) is 2.70. The SMILES string of the molecule is CN(Cc1cn[nH]c1)S(=O)(=O)CCCCCl. The normalized spacial score (nSPS) is 12.2. The number of halogens is 1. The average molecular weight is 266 g/mol. The summed E-state index contributed by atoms with van der Waals surface area (Å²) in [6.45, 7) is 0.347. The highest BCUT2D eigenvalue weighted by Gasteiger charge is 2.17. The van der Waals surface area contributed by atoms with Crippen molar-refractivity contribution in [3.63, 3.8) is 0 Å². The van der Waals surface area contributed by atoms with E-state index in [0.717, 1.165) is 12.0 Å². The monoisotopic (exact) mass is 265 g/mol. The van der Waals surface area contributed by atoms with Crippen LogP contribution in [0.5, 0.6) is 0 Å². The molecule has 0 aliphatic carbocycles. The lowest BCUT2D eigenvalue weighted by atomic mass is 10.4. The van der Waals surface area contributed by atoms with E-state index < -0.39 is 10.0 Å². The quantitative estimate of drug-likeness (QED) is 0.595. The summed E-state index contributed by atoms with van der Waals surface area (Å²) in [6, 6.07) is 0. The van der Waals surface area contributed by atoms with Gasteiger partial charge in [0.1, 0.15) is 0 Å². The van der Waals surface area contributed by atoms with Gasteiger partial charge >= 0.3 is 0 Å². The van der Waals surface area contributed by atoms with Gasteiger partial charge in [0.15, 0.2) is 0 Å². The Morgan fingerprint density at radius 3 is 2.81 bits per heavy atom. The maximum absolute atomic E-state index is 11.8. The molecule has 1 aromatic rings. The predicted octanol–water partition coefficient (Wildman–Crippen LogP) is 1.19. The van der Waals surface area contributed by atoms with Crippen molar-refractivity contribution < 1.29 is 8.42 Å². The molecule has 0 aliphatic rings. The van der Waals surface area contributed by atoms with Crippen molar-refractivity contribution in [2.24, 2.45) is 0 Å². The molecule has 16 heavy (non-hydrogen) atoms. The van der Waals surface area contributed by atoms with Gasteiger partial charge in [-0.1, -0.05) is 0 Å². The maximum atomic E-state index is 11.8. The minimum Gasteiger partial charge on any atom is -0.285 e. The van der Waals surface area contributed by atoms with Crippen LogP contribution in [0.25, 0.3) is 0 Å². The van der Waals surface area contributed by atoms with E-state index in [1.54, 1.807) is 19.4 Å². The molecule has 0 aliphatic heterocycles. The van der Waals surface area contributed by atoms with Crippen molar-refractivity contribution in [2.75, 3.05) is 18.7 Å². The number of H-pyrrole nitrogens is 1. The van der Waals surface area contributed by atoms with Gasteiger partial charge in [-0.25, -0.2) is 12.7 Å². The Morgan fingerprint density at radius 2 is 2.25 bits per heavy atom. The summed E-state index contributed by atoms with van der Waals surface area (Å²) in [5, 5.41) is 6.42. The van der Waals surface area contributed by atoms with E-state index in [9.17, 15) is 8.42 Å². The fourth-order valence-electron chi connectivity index (χ4n) is 1.25. The van der Waals surface area contributed by atoms with E-state index in [1.807, 2.05) is 0 Å². The standard InChI is InChI=1S/C9H16ClN3O2S/c1-13(8-9-6-11-12-7-9)16(14,15)5-3-2-4-10/h6-7H,2-5,8H2,1H3,(H,11,12). The molecule has 0 saturated heterocycles. The molecule has 0 spiro atoms. The number of alkyl halides is 1. The lowest BCUT2D eigenvalue weighted by Crippen LogP contribution is -2.28. The van der Waals surface area contributed by atoms with Gasteiger partial charge in [-0.05, 0) is 12.8 Å². The predicted molar refractivity (Wildman–Crippen MR) is 63.8 cm³/mol. The third kappa shape index (κ3) is 4.11. The van der Waals surface area contributed by atoms with E-state index in [1.165, 1.54) is 4.31 Å². The Bertz CT molecular complexity index is 391. The fourth-order valence-corrected chi connectivity index (χ4v) is 2.67. The number of hydrogen-bond donors (Lipinski definition) is 1. The molecule has 0 bridgehead atoms. The number of aromatic nitrogens is 2. The third-order valence-corrected chi connectivity index (χ3v) is 4.37. The lowest BCUT2D eigenvalue weighted by molar-refractivity contribution is 0.465. The van der Waals surface area contributed by atoms with Gasteiger partial charge in [-0.15, -0.1) is 11.6 Å². The van der Waals surface area contributed by atoms with Crippen LogP contribution in [0.15, 0.2) is 12.4 Å². The van der Waals surface area contributed by atoms with Crippen LogP contribution in [-0.4, -0.2) is 41.6 Å². The minimum atomic E-state index is -3.18. The number of nitrogens with one attached hydrogen (secondary N) is 1. The van der Waals surface area contributed by atoms with Crippen LogP contribution in [0.3, 0.4) is 0 Å². The molecule has 92 valence electrons. The van der Waals surface area contributed by atoms with Crippen LogP contribution < -0.4 is 0 Å². The summed E-state index contributed by atoms with van der Waals surface area (Å²) in [7, 11) is -1.60. The zero-order chi connectivity index (χ0) is 12.0. The van der Waals surface area contributed by atoms with E-state index >= 15 is 0 Å². The van der Waals surface area contributed by atoms with Crippen LogP contribution >= 0.6 is 11.6 Å². The van der Waals surface area contributed by atoms with Gasteiger partial charge in [-0.3, -0.25) is 5.10 Å². The number of aromatic amines is 1. The van der Waals surface area contributed by atoms with Crippen LogP contribution in [0.4, 0.5) is 0 Å². The number of sulfonamides is 1. The number of unbranched alkanes of at least 4 members (excludes halogenated alkanes) is 1. The number of hydrogen-bond acceptors (Lipinski definition) is 3. The molecule has 1 heterocycles. The molecule has 0 saturated carbocycles. The Morgan fingerprint density at radius 1 is 1.50 bits per heavy atom. The molecule has 0 fully saturated rings. The molecule has 5 nitrogen and oxygen atoms in total. The van der Waals surface area contributed by atoms with Crippen molar-refractivity contribution >= 4 is 21.6 Å². The van der Waals surface area contributed by atoms with Gasteiger partial charge in [0, 0.05) is 31.2 Å². The second kappa shape index (κ2) is 6.22. The molecule has 0 unspecified atom stereocenters. The van der Waals surface area contributed by atoms with Gasteiger partial charge in [-0.2, -0.15) is 5.10 Å². The Balaban J connectivity index is 2.48. The van der Waals surface area contributed by atoms with Gasteiger partial charge in [0.05, 0.1) is 11.9 Å². The lowest BCUT2D eigenvalue weighted by Gasteiger charge is -2.15. The van der Waals surface area contributed by atoms with Crippen molar-refractivity contribution in [1.29, 1.82) is 0 Å². The number of nitrogens with zero attached hydrogens (tertiary/aromatic N) is 2. The Labute approximate surface area is 101 Å². The first-order valence-electron chi connectivity index (χ1n) is 5.04. The summed E-state index contributed by atoms with van der Waals surface area (Å²) >= 11 is 5.50. The summed E-state index contributed by atoms with van der Waals surface area (Å²) < 4.78 is 24.9. The van der Waals surface area contributed by atoms with Crippen molar-refractivity contribution in [2.45, 2.75) is 19.4 Å². The van der Waals surface area contributed by atoms with Crippen LogP contribution in [0.1, 0.15) is 18.4 Å². The summed E-state index contributed by atoms with van der Waals surface area (Å²) in [5.41, 5.74) is 0.850. The molecule has 0 aromatic carbocycles. The van der Waals surface area contributed by atoms with Crippen molar-refractivity contribution in [3.8, 4) is 0 Å². The van der Waals surface area contributed by atoms with Gasteiger partial charge in [0.25, 0.3) is 0 Å². The molecular weight excluding hydrogens is 250 g/mol. The molecule has 1 N–H and O–H groups in total. The molecule has 1 aromatic heterocycles. The third-order valence-electron chi connectivity index (χ3n) is 2.22. The molecular formula is C9H16ClN3O2S. The van der Waals surface area contributed by atoms with Crippen molar-refractivity contribution in [3.05, 3.63) is 18.0 Å². The van der Waals surface area contributed by atoms with Crippen LogP contribution in [-0.2, 0) is 16.6 Å². The van der Waals surface area contributed by atoms with Crippen molar-refractivity contribution in [1.82, 2.24) is 14.5 Å².